The largest absolute Gasteiger partial charge is 0.493 e. The fourth-order valence-corrected chi connectivity index (χ4v) is 4.88. The molecule has 1 fully saturated rings. The summed E-state index contributed by atoms with van der Waals surface area (Å²) >= 11 is 0. The molecule has 13 heteroatoms. The van der Waals surface area contributed by atoms with E-state index in [9.17, 15) is 36.2 Å². The van der Waals surface area contributed by atoms with E-state index in [2.05, 4.69) is 5.32 Å². The number of nitrogens with one attached hydrogen (secondary N) is 1. The molecule has 7 nitrogen and oxygen atoms in total. The molecule has 2 heterocycles. The number of carbonyl (C=O) groups is 1. The van der Waals surface area contributed by atoms with Crippen LogP contribution in [0, 0.1) is 0 Å². The molecular formula is C27H30F6N2O5. The van der Waals surface area contributed by atoms with Crippen LogP contribution in [0.4, 0.5) is 31.1 Å². The van der Waals surface area contributed by atoms with Gasteiger partial charge in [-0.1, -0.05) is 25.5 Å². The smallest absolute Gasteiger partial charge is 0.430 e. The Morgan fingerprint density at radius 1 is 1.02 bits per heavy atom. The van der Waals surface area contributed by atoms with Crippen LogP contribution in [-0.2, 0) is 17.6 Å². The highest BCUT2D eigenvalue weighted by Gasteiger charge is 2.71. The summed E-state index contributed by atoms with van der Waals surface area (Å²) in [5.41, 5.74) is -5.95. The van der Waals surface area contributed by atoms with Crippen LogP contribution < -0.4 is 19.5 Å². The van der Waals surface area contributed by atoms with E-state index in [4.69, 9.17) is 14.2 Å². The van der Waals surface area contributed by atoms with E-state index < -0.39 is 29.1 Å². The second kappa shape index (κ2) is 10.9. The SMILES string of the molecule is CCCc1cc(C(O)(C(F)(F)F)C(F)(F)F)ccc1OCCCCN1CC(C)(c2ccc3c(c2)OCO3)NC1=O. The average Bonchev–Trinajstić information content (AvgIpc) is 3.46. The van der Waals surface area contributed by atoms with Gasteiger partial charge in [-0.05, 0) is 61.6 Å². The van der Waals surface area contributed by atoms with Crippen LogP contribution in [0.15, 0.2) is 36.4 Å². The Hall–Kier alpha value is -3.35. The zero-order valence-electron chi connectivity index (χ0n) is 21.9. The van der Waals surface area contributed by atoms with Crippen molar-refractivity contribution in [3.8, 4) is 17.2 Å². The Bertz CT molecular complexity index is 1220. The molecule has 2 aromatic carbocycles. The first kappa shape index (κ1) is 29.6. The lowest BCUT2D eigenvalue weighted by Crippen LogP contribution is -2.53. The van der Waals surface area contributed by atoms with Crippen LogP contribution in [0.25, 0.3) is 0 Å². The molecule has 2 aliphatic rings. The molecule has 40 heavy (non-hydrogen) atoms. The number of nitrogens with zero attached hydrogens (tertiary/aromatic N) is 1. The average molecular weight is 577 g/mol. The van der Waals surface area contributed by atoms with Gasteiger partial charge in [-0.3, -0.25) is 0 Å². The number of amides is 2. The number of hydrogen-bond acceptors (Lipinski definition) is 5. The number of unbranched alkanes of at least 4 members (excludes halogenated alkanes) is 1. The lowest BCUT2D eigenvalue weighted by atomic mass is 9.90. The van der Waals surface area contributed by atoms with Crippen molar-refractivity contribution < 1.29 is 50.5 Å². The summed E-state index contributed by atoms with van der Waals surface area (Å²) in [6, 6.07) is 7.57. The number of aryl methyl sites for hydroxylation is 1. The maximum absolute atomic E-state index is 13.3. The summed E-state index contributed by atoms with van der Waals surface area (Å²) in [6.07, 6.45) is -10.3. The van der Waals surface area contributed by atoms with E-state index in [1.165, 1.54) is 0 Å². The first-order valence-corrected chi connectivity index (χ1v) is 12.8. The van der Waals surface area contributed by atoms with E-state index in [-0.39, 0.29) is 37.2 Å². The Kier molecular flexibility index (Phi) is 8.08. The van der Waals surface area contributed by atoms with E-state index >= 15 is 0 Å². The van der Waals surface area contributed by atoms with E-state index in [0.29, 0.717) is 56.0 Å². The van der Waals surface area contributed by atoms with Crippen molar-refractivity contribution in [3.63, 3.8) is 0 Å². The predicted octanol–water partition coefficient (Wildman–Crippen LogP) is 5.78. The third kappa shape index (κ3) is 5.61. The van der Waals surface area contributed by atoms with Gasteiger partial charge in [-0.2, -0.15) is 26.3 Å². The molecule has 0 radical (unpaired) electrons. The van der Waals surface area contributed by atoms with Crippen molar-refractivity contribution in [2.75, 3.05) is 26.5 Å². The van der Waals surface area contributed by atoms with E-state index in [1.807, 2.05) is 19.1 Å². The quantitative estimate of drug-likeness (QED) is 0.277. The summed E-state index contributed by atoms with van der Waals surface area (Å²) in [5, 5.41) is 12.7. The van der Waals surface area contributed by atoms with Gasteiger partial charge in [-0.15, -0.1) is 0 Å². The van der Waals surface area contributed by atoms with E-state index in [1.54, 1.807) is 17.9 Å². The van der Waals surface area contributed by atoms with Crippen molar-refractivity contribution in [2.24, 2.45) is 0 Å². The predicted molar refractivity (Wildman–Crippen MR) is 131 cm³/mol. The van der Waals surface area contributed by atoms with Gasteiger partial charge in [0.1, 0.15) is 5.75 Å². The summed E-state index contributed by atoms with van der Waals surface area (Å²) in [6.45, 7) is 4.73. The molecule has 1 saturated heterocycles. The number of carbonyl (C=O) groups excluding carboxylic acids is 1. The molecule has 0 aromatic heterocycles. The van der Waals surface area contributed by atoms with Gasteiger partial charge < -0.3 is 29.5 Å². The highest BCUT2D eigenvalue weighted by atomic mass is 19.4. The van der Waals surface area contributed by atoms with Crippen LogP contribution >= 0.6 is 0 Å². The van der Waals surface area contributed by atoms with Gasteiger partial charge in [0.2, 0.25) is 6.79 Å². The van der Waals surface area contributed by atoms with Crippen LogP contribution in [0.1, 0.15) is 49.8 Å². The van der Waals surface area contributed by atoms with Gasteiger partial charge in [0.15, 0.2) is 11.5 Å². The van der Waals surface area contributed by atoms with Crippen LogP contribution in [-0.4, -0.2) is 54.9 Å². The van der Waals surface area contributed by atoms with Crippen LogP contribution in [0.3, 0.4) is 0 Å². The number of alkyl halides is 6. The molecule has 2 N–H and O–H groups in total. The molecule has 0 spiro atoms. The standard InChI is InChI=1S/C27H30F6N2O5/c1-3-6-17-13-19(25(37,26(28,29)30)27(31,32)33)8-9-20(17)38-12-5-4-11-35-15-24(2,34-23(35)36)18-7-10-21-22(14-18)40-16-39-21/h7-10,13-14,37H,3-6,11-12,15-16H2,1-2H3,(H,34,36). The van der Waals surface area contributed by atoms with Gasteiger partial charge in [0.25, 0.3) is 5.60 Å². The Balaban J connectivity index is 1.34. The van der Waals surface area contributed by atoms with E-state index in [0.717, 1.165) is 11.6 Å². The fraction of sp³-hybridized carbons (Fsp3) is 0.519. The third-order valence-electron chi connectivity index (χ3n) is 7.08. The summed E-state index contributed by atoms with van der Waals surface area (Å²) < 4.78 is 96.2. The van der Waals surface area contributed by atoms with Crippen molar-refractivity contribution >= 4 is 6.03 Å². The molecule has 0 saturated carbocycles. The number of fused-ring (bicyclic) bond motifs is 1. The summed E-state index contributed by atoms with van der Waals surface area (Å²) in [4.78, 5) is 14.3. The lowest BCUT2D eigenvalue weighted by Gasteiger charge is -2.33. The number of hydrogen-bond donors (Lipinski definition) is 2. The minimum Gasteiger partial charge on any atom is -0.493 e. The number of rotatable bonds is 10. The second-order valence-electron chi connectivity index (χ2n) is 10.1. The van der Waals surface area contributed by atoms with Crippen LogP contribution in [0.5, 0.6) is 17.2 Å². The molecule has 4 rings (SSSR count). The Morgan fingerprint density at radius 3 is 2.40 bits per heavy atom. The van der Waals surface area contributed by atoms with Gasteiger partial charge >= 0.3 is 18.4 Å². The zero-order valence-corrected chi connectivity index (χ0v) is 21.9. The number of benzene rings is 2. The minimum absolute atomic E-state index is 0.130. The highest BCUT2D eigenvalue weighted by Crippen LogP contribution is 2.50. The van der Waals surface area contributed by atoms with Crippen molar-refractivity contribution in [1.29, 1.82) is 0 Å². The maximum Gasteiger partial charge on any atom is 0.430 e. The normalized spacial score (nSPS) is 19.2. The molecule has 2 aromatic rings. The van der Waals surface area contributed by atoms with Gasteiger partial charge in [0.05, 0.1) is 12.1 Å². The summed E-state index contributed by atoms with van der Waals surface area (Å²) in [5.74, 6) is 1.40. The fourth-order valence-electron chi connectivity index (χ4n) is 4.88. The summed E-state index contributed by atoms with van der Waals surface area (Å²) in [7, 11) is 0. The monoisotopic (exact) mass is 576 g/mol. The topological polar surface area (TPSA) is 80.3 Å². The molecule has 2 aliphatic heterocycles. The number of halogens is 6. The third-order valence-corrected chi connectivity index (χ3v) is 7.08. The Morgan fingerprint density at radius 2 is 1.73 bits per heavy atom. The Labute approximate surface area is 227 Å². The molecule has 1 unspecified atom stereocenters. The van der Waals surface area contributed by atoms with Gasteiger partial charge in [-0.25, -0.2) is 4.79 Å². The minimum atomic E-state index is -5.96. The number of aliphatic hydroxyl groups is 1. The lowest BCUT2D eigenvalue weighted by molar-refractivity contribution is -0.376. The second-order valence-corrected chi connectivity index (χ2v) is 10.1. The van der Waals surface area contributed by atoms with Crippen molar-refractivity contribution in [3.05, 3.63) is 53.1 Å². The van der Waals surface area contributed by atoms with Crippen LogP contribution in [0.2, 0.25) is 0 Å². The van der Waals surface area contributed by atoms with Crippen molar-refractivity contribution in [1.82, 2.24) is 10.2 Å². The molecular weight excluding hydrogens is 546 g/mol. The molecule has 0 aliphatic carbocycles. The molecule has 220 valence electrons. The number of urea groups is 1. The molecule has 2 amide bonds. The first-order valence-electron chi connectivity index (χ1n) is 12.8. The highest BCUT2D eigenvalue weighted by molar-refractivity contribution is 5.78. The molecule has 0 bridgehead atoms. The zero-order chi connectivity index (χ0) is 29.3. The number of ether oxygens (including phenoxy) is 3. The first-order chi connectivity index (χ1) is 18.7. The van der Waals surface area contributed by atoms with Gasteiger partial charge in [0, 0.05) is 18.7 Å². The molecule has 1 atom stereocenters. The van der Waals surface area contributed by atoms with Crippen molar-refractivity contribution in [2.45, 2.75) is 63.0 Å². The maximum atomic E-state index is 13.3.